The van der Waals surface area contributed by atoms with Gasteiger partial charge in [-0.2, -0.15) is 26.3 Å². The summed E-state index contributed by atoms with van der Waals surface area (Å²) in [7, 11) is 1.32. The van der Waals surface area contributed by atoms with Crippen LogP contribution in [-0.4, -0.2) is 46.9 Å². The van der Waals surface area contributed by atoms with Gasteiger partial charge in [0.2, 0.25) is 5.91 Å². The summed E-state index contributed by atoms with van der Waals surface area (Å²) < 4.78 is 94.7. The molecule has 41 heavy (non-hydrogen) atoms. The fourth-order valence-corrected chi connectivity index (χ4v) is 5.91. The third-order valence-electron chi connectivity index (χ3n) is 8.34. The largest absolute Gasteiger partial charge is 0.416 e. The van der Waals surface area contributed by atoms with Gasteiger partial charge in [-0.15, -0.1) is 0 Å². The van der Waals surface area contributed by atoms with Crippen molar-refractivity contribution in [3.63, 3.8) is 0 Å². The van der Waals surface area contributed by atoms with Crippen LogP contribution < -0.4 is 11.1 Å². The Morgan fingerprint density at radius 1 is 1.05 bits per heavy atom. The minimum atomic E-state index is -5.03. The van der Waals surface area contributed by atoms with Gasteiger partial charge < -0.3 is 20.9 Å². The lowest BCUT2D eigenvalue weighted by Gasteiger charge is -2.47. The zero-order valence-corrected chi connectivity index (χ0v) is 22.7. The first kappa shape index (κ1) is 30.6. The van der Waals surface area contributed by atoms with Crippen LogP contribution in [0.2, 0.25) is 0 Å². The first-order valence-corrected chi connectivity index (χ1v) is 13.1. The van der Waals surface area contributed by atoms with Gasteiger partial charge in [0, 0.05) is 19.1 Å². The Morgan fingerprint density at radius 3 is 2.17 bits per heavy atom. The summed E-state index contributed by atoms with van der Waals surface area (Å²) in [5, 5.41) is 3.30. The van der Waals surface area contributed by atoms with Crippen molar-refractivity contribution in [2.75, 3.05) is 13.6 Å². The molecule has 2 fully saturated rings. The number of alkyl halides is 6. The molecule has 4 atom stereocenters. The molecule has 0 aromatic heterocycles. The van der Waals surface area contributed by atoms with E-state index in [2.05, 4.69) is 5.32 Å². The number of amides is 3. The van der Waals surface area contributed by atoms with Crippen LogP contribution in [0.5, 0.6) is 0 Å². The third-order valence-corrected chi connectivity index (χ3v) is 8.34. The first-order chi connectivity index (χ1) is 18.9. The van der Waals surface area contributed by atoms with Gasteiger partial charge >= 0.3 is 18.4 Å². The van der Waals surface area contributed by atoms with E-state index in [4.69, 9.17) is 5.73 Å². The lowest BCUT2D eigenvalue weighted by molar-refractivity contribution is -0.143. The maximum atomic E-state index is 13.9. The number of nitrogens with two attached hydrogens (primary N) is 1. The number of hydrogen-bond acceptors (Lipinski definition) is 3. The van der Waals surface area contributed by atoms with Crippen molar-refractivity contribution in [1.29, 1.82) is 0 Å². The van der Waals surface area contributed by atoms with Gasteiger partial charge in [-0.05, 0) is 86.6 Å². The van der Waals surface area contributed by atoms with Gasteiger partial charge in [0.25, 0.3) is 0 Å². The average Bonchev–Trinajstić information content (AvgIpc) is 3.29. The number of carbonyl (C=O) groups excluding carboxylic acids is 2. The van der Waals surface area contributed by atoms with E-state index >= 15 is 0 Å². The van der Waals surface area contributed by atoms with E-state index < -0.39 is 64.9 Å². The average molecular weight is 589 g/mol. The highest BCUT2D eigenvalue weighted by atomic mass is 19.4. The van der Waals surface area contributed by atoms with Gasteiger partial charge in [-0.3, -0.25) is 4.79 Å². The minimum absolute atomic E-state index is 0.0451. The number of likely N-dealkylation sites (tertiary alicyclic amines) is 1. The molecule has 2 saturated heterocycles. The topological polar surface area (TPSA) is 78.7 Å². The van der Waals surface area contributed by atoms with E-state index in [-0.39, 0.29) is 18.2 Å². The van der Waals surface area contributed by atoms with Crippen molar-refractivity contribution in [2.45, 2.75) is 75.5 Å². The lowest BCUT2D eigenvalue weighted by atomic mass is 9.79. The number of nitrogens with zero attached hydrogens (tertiary/aromatic N) is 2. The molecule has 2 aliphatic heterocycles. The van der Waals surface area contributed by atoms with Gasteiger partial charge in [0.05, 0.1) is 29.3 Å². The molecule has 13 heteroatoms. The van der Waals surface area contributed by atoms with Crippen LogP contribution in [0.1, 0.15) is 72.5 Å². The second kappa shape index (κ2) is 10.8. The van der Waals surface area contributed by atoms with E-state index in [9.17, 15) is 40.3 Å². The summed E-state index contributed by atoms with van der Waals surface area (Å²) in [6.45, 7) is 3.21. The molecular formula is C28H31F7N4O2. The summed E-state index contributed by atoms with van der Waals surface area (Å²) in [6.07, 6.45) is -8.16. The number of primary amides is 1. The van der Waals surface area contributed by atoms with E-state index in [1.165, 1.54) is 31.0 Å². The van der Waals surface area contributed by atoms with Crippen molar-refractivity contribution in [3.8, 4) is 0 Å². The lowest BCUT2D eigenvalue weighted by Crippen LogP contribution is -2.57. The number of aryl methyl sites for hydroxylation is 1. The molecule has 2 unspecified atom stereocenters. The third kappa shape index (κ3) is 6.29. The molecule has 2 aromatic rings. The van der Waals surface area contributed by atoms with Crippen LogP contribution in [0.4, 0.5) is 35.5 Å². The molecule has 0 bridgehead atoms. The van der Waals surface area contributed by atoms with Crippen molar-refractivity contribution in [2.24, 2.45) is 5.73 Å². The number of halogens is 7. The Morgan fingerprint density at radius 2 is 1.66 bits per heavy atom. The second-order valence-electron chi connectivity index (χ2n) is 11.0. The van der Waals surface area contributed by atoms with Crippen molar-refractivity contribution >= 4 is 11.9 Å². The van der Waals surface area contributed by atoms with E-state index in [1.54, 1.807) is 13.0 Å². The Labute approximate surface area is 232 Å². The SMILES string of the molecule is Cc1cc(F)ccc1[C@H]1CC2(CCC(C(N)=O)N2)CCN1C(=O)N(C)[C@H](C)c1cc(C(F)(F)F)cc(C(F)(F)F)c1. The molecule has 2 aliphatic rings. The Kier molecular flexibility index (Phi) is 8.07. The summed E-state index contributed by atoms with van der Waals surface area (Å²) in [6, 6.07) is 2.49. The number of nitrogens with one attached hydrogen (secondary N) is 1. The zero-order chi connectivity index (χ0) is 30.5. The summed E-state index contributed by atoms with van der Waals surface area (Å²) in [4.78, 5) is 28.3. The number of carbonyl (C=O) groups is 2. The number of rotatable bonds is 4. The van der Waals surface area contributed by atoms with Crippen LogP contribution in [0.15, 0.2) is 36.4 Å². The molecule has 3 N–H and O–H groups in total. The standard InChI is InChI=1S/C28H31F7N4O2/c1-15-10-20(29)4-5-21(15)23-14-26(7-6-22(37-26)24(36)40)8-9-39(23)25(41)38(3)16(2)17-11-18(27(30,31)32)13-19(12-17)28(33,34)35/h4-5,10-13,16,22-23,37H,6-9,14H2,1-3H3,(H2,36,40)/t16-,22?,23-,26?/m1/s1. The molecule has 0 radical (unpaired) electrons. The van der Waals surface area contributed by atoms with Crippen LogP contribution in [-0.2, 0) is 17.1 Å². The monoisotopic (exact) mass is 588 g/mol. The summed E-state index contributed by atoms with van der Waals surface area (Å²) in [5.74, 6) is -0.971. The number of benzene rings is 2. The van der Waals surface area contributed by atoms with E-state index in [0.717, 1.165) is 4.90 Å². The quantitative estimate of drug-likeness (QED) is 0.424. The summed E-state index contributed by atoms with van der Waals surface area (Å²) in [5.41, 5.74) is 2.91. The van der Waals surface area contributed by atoms with Crippen molar-refractivity contribution in [1.82, 2.24) is 15.1 Å². The van der Waals surface area contributed by atoms with E-state index in [0.29, 0.717) is 48.9 Å². The minimum Gasteiger partial charge on any atom is -0.368 e. The molecule has 2 aromatic carbocycles. The van der Waals surface area contributed by atoms with E-state index in [1.807, 2.05) is 0 Å². The van der Waals surface area contributed by atoms with Crippen molar-refractivity contribution < 1.29 is 40.3 Å². The maximum Gasteiger partial charge on any atom is 0.416 e. The van der Waals surface area contributed by atoms with Crippen molar-refractivity contribution in [3.05, 3.63) is 70.0 Å². The van der Waals surface area contributed by atoms with Crippen LogP contribution in [0, 0.1) is 12.7 Å². The zero-order valence-electron chi connectivity index (χ0n) is 22.7. The number of hydrogen-bond donors (Lipinski definition) is 2. The second-order valence-corrected chi connectivity index (χ2v) is 11.0. The molecule has 1 spiro atoms. The Hall–Kier alpha value is -3.35. The van der Waals surface area contributed by atoms with Gasteiger partial charge in [0.1, 0.15) is 5.82 Å². The summed E-state index contributed by atoms with van der Waals surface area (Å²) >= 11 is 0. The fourth-order valence-electron chi connectivity index (χ4n) is 5.91. The highest BCUT2D eigenvalue weighted by Gasteiger charge is 2.48. The molecule has 4 rings (SSSR count). The van der Waals surface area contributed by atoms with Gasteiger partial charge in [0.15, 0.2) is 0 Å². The fraction of sp³-hybridized carbons (Fsp3) is 0.500. The predicted molar refractivity (Wildman–Crippen MR) is 136 cm³/mol. The maximum absolute atomic E-state index is 13.9. The molecule has 0 saturated carbocycles. The molecule has 224 valence electrons. The van der Waals surface area contributed by atoms with Crippen LogP contribution in [0.25, 0.3) is 0 Å². The smallest absolute Gasteiger partial charge is 0.368 e. The first-order valence-electron chi connectivity index (χ1n) is 13.1. The highest BCUT2D eigenvalue weighted by Crippen LogP contribution is 2.44. The van der Waals surface area contributed by atoms with Gasteiger partial charge in [-0.1, -0.05) is 6.07 Å². The molecule has 0 aliphatic carbocycles. The molecular weight excluding hydrogens is 557 g/mol. The Bertz CT molecular complexity index is 1300. The molecule has 3 amide bonds. The normalized spacial score (nSPS) is 24.0. The van der Waals surface area contributed by atoms with Crippen LogP contribution >= 0.6 is 0 Å². The highest BCUT2D eigenvalue weighted by molar-refractivity contribution is 5.80. The van der Waals surface area contributed by atoms with Gasteiger partial charge in [-0.25, -0.2) is 9.18 Å². The number of urea groups is 1. The predicted octanol–water partition coefficient (Wildman–Crippen LogP) is 6.10. The Balaban J connectivity index is 1.68. The molecule has 2 heterocycles. The molecule has 6 nitrogen and oxygen atoms in total. The van der Waals surface area contributed by atoms with Crippen LogP contribution in [0.3, 0.4) is 0 Å². The number of piperidine rings is 1.